The molecule has 1 fully saturated rings. The zero-order valence-corrected chi connectivity index (χ0v) is 12.9. The monoisotopic (exact) mass is 295 g/mol. The molecule has 3 nitrogen and oxygen atoms in total. The number of likely N-dealkylation sites (tertiary alicyclic amines) is 1. The zero-order valence-electron chi connectivity index (χ0n) is 12.1. The van der Waals surface area contributed by atoms with Crippen molar-refractivity contribution in [2.75, 3.05) is 27.2 Å². The quantitative estimate of drug-likeness (QED) is 0.861. The maximum absolute atomic E-state index is 13.3. The lowest BCUT2D eigenvalue weighted by molar-refractivity contribution is 0.128. The smallest absolute Gasteiger partial charge is 0.123 e. The second kappa shape index (κ2) is 6.61. The Morgan fingerprint density at radius 1 is 1.50 bits per heavy atom. The molecule has 0 saturated carbocycles. The Kier molecular flexibility index (Phi) is 5.07. The first-order valence-electron chi connectivity index (χ1n) is 6.94. The molecule has 1 heterocycles. The van der Waals surface area contributed by atoms with Gasteiger partial charge in [-0.25, -0.2) is 4.39 Å². The minimum Gasteiger partial charge on any atom is -0.389 e. The van der Waals surface area contributed by atoms with Crippen LogP contribution in [0.25, 0.3) is 0 Å². The molecule has 2 rings (SSSR count). The third-order valence-electron chi connectivity index (χ3n) is 3.94. The number of hydrogen-bond acceptors (Lipinski definition) is 3. The average Bonchev–Trinajstić information content (AvgIpc) is 2.41. The van der Waals surface area contributed by atoms with Gasteiger partial charge in [0.05, 0.1) is 0 Å². The lowest BCUT2D eigenvalue weighted by Crippen LogP contribution is -2.44. The highest BCUT2D eigenvalue weighted by Crippen LogP contribution is 2.19. The van der Waals surface area contributed by atoms with E-state index in [1.807, 2.05) is 0 Å². The van der Waals surface area contributed by atoms with Crippen LogP contribution in [0.5, 0.6) is 0 Å². The van der Waals surface area contributed by atoms with Crippen molar-refractivity contribution in [1.82, 2.24) is 9.80 Å². The standard InChI is InChI=1S/C15H22FN3S/c1-18(2)13-4-3-7-19(10-13)9-11-5-6-12(16)8-14(11)15(17)20/h5-6,8,13H,3-4,7,9-10H2,1-2H3,(H2,17,20). The van der Waals surface area contributed by atoms with E-state index in [4.69, 9.17) is 18.0 Å². The van der Waals surface area contributed by atoms with Crippen molar-refractivity contribution in [3.05, 3.63) is 35.1 Å². The first kappa shape index (κ1) is 15.4. The summed E-state index contributed by atoms with van der Waals surface area (Å²) in [7, 11) is 4.24. The topological polar surface area (TPSA) is 32.5 Å². The normalized spacial score (nSPS) is 20.3. The van der Waals surface area contributed by atoms with Crippen molar-refractivity contribution >= 4 is 17.2 Å². The Morgan fingerprint density at radius 2 is 2.25 bits per heavy atom. The molecule has 5 heteroatoms. The predicted octanol–water partition coefficient (Wildman–Crippen LogP) is 1.99. The van der Waals surface area contributed by atoms with E-state index >= 15 is 0 Å². The summed E-state index contributed by atoms with van der Waals surface area (Å²) in [6.45, 7) is 2.87. The molecule has 2 N–H and O–H groups in total. The average molecular weight is 295 g/mol. The number of piperidine rings is 1. The van der Waals surface area contributed by atoms with Gasteiger partial charge in [-0.1, -0.05) is 18.3 Å². The number of halogens is 1. The summed E-state index contributed by atoms with van der Waals surface area (Å²) < 4.78 is 13.3. The molecule has 20 heavy (non-hydrogen) atoms. The number of benzene rings is 1. The molecule has 0 bridgehead atoms. The summed E-state index contributed by atoms with van der Waals surface area (Å²) in [5, 5.41) is 0. The SMILES string of the molecule is CN(C)C1CCCN(Cc2ccc(F)cc2C(N)=S)C1. The van der Waals surface area contributed by atoms with Crippen molar-refractivity contribution < 1.29 is 4.39 Å². The Bertz CT molecular complexity index is 490. The summed E-state index contributed by atoms with van der Waals surface area (Å²) in [4.78, 5) is 4.93. The predicted molar refractivity (Wildman–Crippen MR) is 84.3 cm³/mol. The van der Waals surface area contributed by atoms with Gasteiger partial charge >= 0.3 is 0 Å². The van der Waals surface area contributed by atoms with Crippen molar-refractivity contribution in [3.8, 4) is 0 Å². The number of hydrogen-bond donors (Lipinski definition) is 1. The summed E-state index contributed by atoms with van der Waals surface area (Å²) in [5.41, 5.74) is 7.37. The van der Waals surface area contributed by atoms with E-state index in [-0.39, 0.29) is 10.8 Å². The maximum Gasteiger partial charge on any atom is 0.123 e. The molecule has 1 saturated heterocycles. The van der Waals surface area contributed by atoms with Crippen molar-refractivity contribution in [3.63, 3.8) is 0 Å². The van der Waals surface area contributed by atoms with Crippen LogP contribution in [0, 0.1) is 5.82 Å². The summed E-state index contributed by atoms with van der Waals surface area (Å²) in [6, 6.07) is 5.29. The van der Waals surface area contributed by atoms with E-state index in [2.05, 4.69) is 23.9 Å². The third-order valence-corrected chi connectivity index (χ3v) is 4.16. The largest absolute Gasteiger partial charge is 0.389 e. The lowest BCUT2D eigenvalue weighted by atomic mass is 10.0. The van der Waals surface area contributed by atoms with Gasteiger partial charge in [-0.05, 0) is 51.2 Å². The van der Waals surface area contributed by atoms with Crippen LogP contribution in [0.15, 0.2) is 18.2 Å². The van der Waals surface area contributed by atoms with Crippen LogP contribution in [0.2, 0.25) is 0 Å². The van der Waals surface area contributed by atoms with E-state index in [0.717, 1.165) is 25.2 Å². The zero-order chi connectivity index (χ0) is 14.7. The second-order valence-corrected chi connectivity index (χ2v) is 6.10. The molecule has 0 spiro atoms. The van der Waals surface area contributed by atoms with Gasteiger partial charge in [0, 0.05) is 24.7 Å². The van der Waals surface area contributed by atoms with Gasteiger partial charge in [-0.3, -0.25) is 4.90 Å². The number of nitrogens with zero attached hydrogens (tertiary/aromatic N) is 2. The minimum absolute atomic E-state index is 0.265. The third kappa shape index (κ3) is 3.75. The van der Waals surface area contributed by atoms with E-state index in [1.54, 1.807) is 6.07 Å². The van der Waals surface area contributed by atoms with Gasteiger partial charge in [0.2, 0.25) is 0 Å². The molecular weight excluding hydrogens is 273 g/mol. The Labute approximate surface area is 125 Å². The first-order chi connectivity index (χ1) is 9.47. The van der Waals surface area contributed by atoms with Crippen LogP contribution in [0.3, 0.4) is 0 Å². The molecule has 0 radical (unpaired) electrons. The van der Waals surface area contributed by atoms with Crippen molar-refractivity contribution in [2.24, 2.45) is 5.73 Å². The van der Waals surface area contributed by atoms with E-state index < -0.39 is 0 Å². The number of rotatable bonds is 4. The van der Waals surface area contributed by atoms with Gasteiger partial charge in [-0.2, -0.15) is 0 Å². The van der Waals surface area contributed by atoms with Crippen molar-refractivity contribution in [2.45, 2.75) is 25.4 Å². The molecule has 1 aromatic rings. The van der Waals surface area contributed by atoms with Gasteiger partial charge in [0.1, 0.15) is 10.8 Å². The van der Waals surface area contributed by atoms with Gasteiger partial charge < -0.3 is 10.6 Å². The fourth-order valence-electron chi connectivity index (χ4n) is 2.75. The highest BCUT2D eigenvalue weighted by atomic mass is 32.1. The molecule has 110 valence electrons. The molecule has 0 aliphatic carbocycles. The molecule has 0 amide bonds. The Morgan fingerprint density at radius 3 is 2.90 bits per heavy atom. The fourth-order valence-corrected chi connectivity index (χ4v) is 2.94. The highest BCUT2D eigenvalue weighted by molar-refractivity contribution is 7.80. The molecular formula is C15H22FN3S. The summed E-state index contributed by atoms with van der Waals surface area (Å²) in [6.07, 6.45) is 2.42. The molecule has 1 aromatic carbocycles. The van der Waals surface area contributed by atoms with Crippen LogP contribution in [-0.2, 0) is 6.54 Å². The maximum atomic E-state index is 13.3. The molecule has 0 aromatic heterocycles. The highest BCUT2D eigenvalue weighted by Gasteiger charge is 2.22. The van der Waals surface area contributed by atoms with Gasteiger partial charge in [-0.15, -0.1) is 0 Å². The lowest BCUT2D eigenvalue weighted by Gasteiger charge is -2.36. The van der Waals surface area contributed by atoms with Crippen LogP contribution in [0.1, 0.15) is 24.0 Å². The van der Waals surface area contributed by atoms with Crippen LogP contribution >= 0.6 is 12.2 Å². The van der Waals surface area contributed by atoms with Crippen molar-refractivity contribution in [1.29, 1.82) is 0 Å². The van der Waals surface area contributed by atoms with E-state index in [0.29, 0.717) is 11.6 Å². The van der Waals surface area contributed by atoms with Gasteiger partial charge in [0.15, 0.2) is 0 Å². The Hall–Kier alpha value is -1.04. The van der Waals surface area contributed by atoms with Crippen LogP contribution < -0.4 is 5.73 Å². The summed E-state index contributed by atoms with van der Waals surface area (Å²) in [5.74, 6) is -0.290. The molecule has 1 atom stereocenters. The molecule has 1 aliphatic heterocycles. The Balaban J connectivity index is 2.11. The number of nitrogens with two attached hydrogens (primary N) is 1. The molecule has 1 aliphatic rings. The van der Waals surface area contributed by atoms with Crippen LogP contribution in [-0.4, -0.2) is 48.0 Å². The summed E-state index contributed by atoms with van der Waals surface area (Å²) >= 11 is 5.03. The fraction of sp³-hybridized carbons (Fsp3) is 0.533. The van der Waals surface area contributed by atoms with Crippen LogP contribution in [0.4, 0.5) is 4.39 Å². The minimum atomic E-state index is -0.290. The molecule has 1 unspecified atom stereocenters. The van der Waals surface area contributed by atoms with E-state index in [1.165, 1.54) is 25.0 Å². The number of likely N-dealkylation sites (N-methyl/N-ethyl adjacent to an activating group) is 1. The van der Waals surface area contributed by atoms with E-state index in [9.17, 15) is 4.39 Å². The first-order valence-corrected chi connectivity index (χ1v) is 7.35. The second-order valence-electron chi connectivity index (χ2n) is 5.66. The van der Waals surface area contributed by atoms with Gasteiger partial charge in [0.25, 0.3) is 0 Å². The number of thiocarbonyl (C=S) groups is 1.